The fourth-order valence-electron chi connectivity index (χ4n) is 4.52. The summed E-state index contributed by atoms with van der Waals surface area (Å²) in [5.41, 5.74) is -0.915. The standard InChI is InChI=1S/C27H52BrO7P/c1-2-3-4-5-6-7-8-9-10-11-12-13-14-15-16-17-22-32-23-20-27(19-18-26(29)35-27)25-34-36(30,31)33-24-21-28/h2-25H2,1H3,(H,30,31). The van der Waals surface area contributed by atoms with Crippen molar-refractivity contribution in [3.63, 3.8) is 0 Å². The second kappa shape index (κ2) is 21.9. The molecule has 2 atom stereocenters. The van der Waals surface area contributed by atoms with E-state index in [4.69, 9.17) is 18.5 Å². The molecule has 1 aliphatic heterocycles. The van der Waals surface area contributed by atoms with Gasteiger partial charge < -0.3 is 14.4 Å². The Hall–Kier alpha value is 0.0200. The van der Waals surface area contributed by atoms with Crippen LogP contribution in [-0.4, -0.2) is 48.2 Å². The molecule has 1 rings (SSSR count). The first-order valence-corrected chi connectivity index (χ1v) is 17.0. The van der Waals surface area contributed by atoms with E-state index in [2.05, 4.69) is 22.9 Å². The molecule has 0 aliphatic carbocycles. The van der Waals surface area contributed by atoms with Gasteiger partial charge in [-0.15, -0.1) is 0 Å². The van der Waals surface area contributed by atoms with Crippen LogP contribution in [0, 0.1) is 0 Å². The number of cyclic esters (lactones) is 1. The van der Waals surface area contributed by atoms with E-state index in [1.54, 1.807) is 0 Å². The molecule has 1 heterocycles. The molecular weight excluding hydrogens is 547 g/mol. The zero-order valence-corrected chi connectivity index (χ0v) is 25.2. The molecule has 0 spiro atoms. The fraction of sp³-hybridized carbons (Fsp3) is 0.963. The van der Waals surface area contributed by atoms with Crippen molar-refractivity contribution in [1.29, 1.82) is 0 Å². The zero-order chi connectivity index (χ0) is 26.4. The molecular formula is C27H52BrO7P. The molecule has 1 N–H and O–H groups in total. The number of hydrogen-bond donors (Lipinski definition) is 1. The van der Waals surface area contributed by atoms with E-state index in [0.29, 0.717) is 31.4 Å². The number of rotatable bonds is 26. The number of esters is 1. The highest BCUT2D eigenvalue weighted by Crippen LogP contribution is 2.45. The van der Waals surface area contributed by atoms with Crippen molar-refractivity contribution >= 4 is 29.7 Å². The van der Waals surface area contributed by atoms with Crippen molar-refractivity contribution in [2.24, 2.45) is 0 Å². The molecule has 36 heavy (non-hydrogen) atoms. The third-order valence-electron chi connectivity index (χ3n) is 6.78. The molecule has 0 bridgehead atoms. The second-order valence-corrected chi connectivity index (χ2v) is 12.3. The highest BCUT2D eigenvalue weighted by Gasteiger charge is 2.42. The van der Waals surface area contributed by atoms with E-state index in [1.165, 1.54) is 96.3 Å². The van der Waals surface area contributed by atoms with Gasteiger partial charge >= 0.3 is 13.8 Å². The van der Waals surface area contributed by atoms with Crippen LogP contribution in [-0.2, 0) is 27.9 Å². The summed E-state index contributed by atoms with van der Waals surface area (Å²) in [6, 6.07) is 0. The molecule has 0 amide bonds. The highest BCUT2D eigenvalue weighted by atomic mass is 79.9. The van der Waals surface area contributed by atoms with Gasteiger partial charge in [0.15, 0.2) is 0 Å². The Balaban J connectivity index is 1.96. The van der Waals surface area contributed by atoms with Crippen molar-refractivity contribution < 1.29 is 32.8 Å². The van der Waals surface area contributed by atoms with Crippen LogP contribution in [0.4, 0.5) is 0 Å². The SMILES string of the molecule is CCCCCCCCCCCCCCCCCCOCCC1(COP(=O)(O)OCCBr)CCC(=O)O1. The van der Waals surface area contributed by atoms with Crippen LogP contribution in [0.15, 0.2) is 0 Å². The van der Waals surface area contributed by atoms with Crippen molar-refractivity contribution in [3.05, 3.63) is 0 Å². The van der Waals surface area contributed by atoms with Crippen molar-refractivity contribution in [1.82, 2.24) is 0 Å². The molecule has 0 saturated carbocycles. The van der Waals surface area contributed by atoms with Gasteiger partial charge in [-0.2, -0.15) is 0 Å². The average Bonchev–Trinajstić information content (AvgIpc) is 3.24. The van der Waals surface area contributed by atoms with Gasteiger partial charge in [0.05, 0.1) is 19.8 Å². The number of alkyl halides is 1. The minimum atomic E-state index is -4.17. The Morgan fingerprint density at radius 1 is 0.833 bits per heavy atom. The first-order valence-electron chi connectivity index (χ1n) is 14.4. The molecule has 1 fully saturated rings. The van der Waals surface area contributed by atoms with Gasteiger partial charge in [0.25, 0.3) is 0 Å². The lowest BCUT2D eigenvalue weighted by molar-refractivity contribution is -0.153. The van der Waals surface area contributed by atoms with Crippen LogP contribution in [0.5, 0.6) is 0 Å². The molecule has 0 radical (unpaired) electrons. The predicted molar refractivity (Wildman–Crippen MR) is 149 cm³/mol. The van der Waals surface area contributed by atoms with E-state index in [1.807, 2.05) is 0 Å². The van der Waals surface area contributed by atoms with Gasteiger partial charge in [-0.1, -0.05) is 119 Å². The average molecular weight is 600 g/mol. The van der Waals surface area contributed by atoms with Gasteiger partial charge in [-0.05, 0) is 6.42 Å². The van der Waals surface area contributed by atoms with Gasteiger partial charge in [0.1, 0.15) is 5.60 Å². The molecule has 1 aliphatic rings. The van der Waals surface area contributed by atoms with Gasteiger partial charge in [0.2, 0.25) is 0 Å². The first kappa shape index (κ1) is 34.0. The predicted octanol–water partition coefficient (Wildman–Crippen LogP) is 8.26. The number of hydrogen-bond acceptors (Lipinski definition) is 6. The zero-order valence-electron chi connectivity index (χ0n) is 22.7. The van der Waals surface area contributed by atoms with Gasteiger partial charge in [-0.25, -0.2) is 4.57 Å². The van der Waals surface area contributed by atoms with Crippen molar-refractivity contribution in [2.75, 3.05) is 31.8 Å². The number of carbonyl (C=O) groups excluding carboxylic acids is 1. The molecule has 1 saturated heterocycles. The number of ether oxygens (including phenoxy) is 2. The summed E-state index contributed by atoms with van der Waals surface area (Å²) in [5, 5.41) is 0.425. The molecule has 214 valence electrons. The molecule has 0 aromatic carbocycles. The van der Waals surface area contributed by atoms with Gasteiger partial charge in [-0.3, -0.25) is 13.8 Å². The van der Waals surface area contributed by atoms with Crippen LogP contribution in [0.1, 0.15) is 129 Å². The van der Waals surface area contributed by atoms with E-state index in [0.717, 1.165) is 6.42 Å². The van der Waals surface area contributed by atoms with Crippen molar-refractivity contribution in [2.45, 2.75) is 135 Å². The quantitative estimate of drug-likeness (QED) is 0.0463. The van der Waals surface area contributed by atoms with Crippen molar-refractivity contribution in [3.8, 4) is 0 Å². The normalized spacial score (nSPS) is 19.5. The maximum absolute atomic E-state index is 11.9. The molecule has 0 aromatic rings. The summed E-state index contributed by atoms with van der Waals surface area (Å²) in [7, 11) is -4.17. The monoisotopic (exact) mass is 598 g/mol. The van der Waals surface area contributed by atoms with Crippen LogP contribution in [0.3, 0.4) is 0 Å². The Bertz CT molecular complexity index is 592. The Labute approximate surface area is 228 Å². The minimum Gasteiger partial charge on any atom is -0.456 e. The number of unbranched alkanes of at least 4 members (excludes halogenated alkanes) is 15. The van der Waals surface area contributed by atoms with E-state index in [-0.39, 0.29) is 25.6 Å². The second-order valence-electron chi connectivity index (χ2n) is 10.1. The van der Waals surface area contributed by atoms with Crippen LogP contribution >= 0.6 is 23.8 Å². The number of phosphoric ester groups is 1. The minimum absolute atomic E-state index is 0.0585. The lowest BCUT2D eigenvalue weighted by Crippen LogP contribution is -2.35. The first-order chi connectivity index (χ1) is 17.4. The summed E-state index contributed by atoms with van der Waals surface area (Å²) in [4.78, 5) is 21.4. The lowest BCUT2D eigenvalue weighted by atomic mass is 9.98. The maximum Gasteiger partial charge on any atom is 0.472 e. The largest absolute Gasteiger partial charge is 0.472 e. The highest BCUT2D eigenvalue weighted by molar-refractivity contribution is 9.09. The van der Waals surface area contributed by atoms with E-state index >= 15 is 0 Å². The van der Waals surface area contributed by atoms with E-state index < -0.39 is 13.4 Å². The smallest absolute Gasteiger partial charge is 0.456 e. The Kier molecular flexibility index (Phi) is 20.7. The summed E-state index contributed by atoms with van der Waals surface area (Å²) in [5.74, 6) is -0.314. The third kappa shape index (κ3) is 18.3. The number of phosphoric acid groups is 1. The summed E-state index contributed by atoms with van der Waals surface area (Å²) >= 11 is 3.13. The summed E-state index contributed by atoms with van der Waals surface area (Å²) in [6.45, 7) is 3.26. The maximum atomic E-state index is 11.9. The van der Waals surface area contributed by atoms with Crippen LogP contribution < -0.4 is 0 Å². The molecule has 0 aromatic heterocycles. The molecule has 7 nitrogen and oxygen atoms in total. The molecule has 9 heteroatoms. The summed E-state index contributed by atoms with van der Waals surface area (Å²) < 4.78 is 33.0. The van der Waals surface area contributed by atoms with Gasteiger partial charge in [0, 0.05) is 31.2 Å². The van der Waals surface area contributed by atoms with Crippen LogP contribution in [0.2, 0.25) is 0 Å². The topological polar surface area (TPSA) is 91.3 Å². The fourth-order valence-corrected chi connectivity index (χ4v) is 5.73. The molecule has 2 unspecified atom stereocenters. The van der Waals surface area contributed by atoms with E-state index in [9.17, 15) is 14.3 Å². The summed E-state index contributed by atoms with van der Waals surface area (Å²) in [6.07, 6.45) is 22.6. The third-order valence-corrected chi connectivity index (χ3v) is 8.07. The van der Waals surface area contributed by atoms with Crippen LogP contribution in [0.25, 0.3) is 0 Å². The Morgan fingerprint density at radius 3 is 1.83 bits per heavy atom. The number of carbonyl (C=O) groups is 1. The Morgan fingerprint density at radius 2 is 1.36 bits per heavy atom. The number of halogens is 1. The lowest BCUT2D eigenvalue weighted by Gasteiger charge is -2.28.